The lowest BCUT2D eigenvalue weighted by Gasteiger charge is -2.26. The number of fused-ring (bicyclic) bond motifs is 1. The van der Waals surface area contributed by atoms with E-state index in [9.17, 15) is 4.79 Å². The number of unbranched alkanes of at least 4 members (excludes halogenated alkanes) is 1. The minimum Gasteiger partial charge on any atom is -0.404 e. The van der Waals surface area contributed by atoms with E-state index in [0.29, 0.717) is 11.7 Å². The number of aryl methyl sites for hydroxylation is 1. The van der Waals surface area contributed by atoms with Crippen LogP contribution in [0.1, 0.15) is 52.5 Å². The number of rotatable bonds is 10. The minimum atomic E-state index is -0.167. The van der Waals surface area contributed by atoms with Crippen molar-refractivity contribution in [3.8, 4) is 0 Å². The number of hydrogen-bond donors (Lipinski definition) is 2. The Hall–Kier alpha value is -3.28. The summed E-state index contributed by atoms with van der Waals surface area (Å²) < 4.78 is 1.63. The van der Waals surface area contributed by atoms with Crippen LogP contribution >= 0.6 is 0 Å². The number of nitrogens with one attached hydrogen (secondary N) is 1. The number of nitrogens with two attached hydrogens (primary N) is 1. The van der Waals surface area contributed by atoms with Gasteiger partial charge < -0.3 is 20.5 Å². The van der Waals surface area contributed by atoms with Crippen molar-refractivity contribution in [1.82, 2.24) is 9.55 Å². The quantitative estimate of drug-likeness (QED) is 0.420. The fourth-order valence-electron chi connectivity index (χ4n) is 3.77. The average Bonchev–Trinajstić information content (AvgIpc) is 2.82. The Morgan fingerprint density at radius 2 is 1.91 bits per heavy atom. The molecule has 0 radical (unpaired) electrons. The maximum Gasteiger partial charge on any atom is 0.293 e. The van der Waals surface area contributed by atoms with Gasteiger partial charge in [0.2, 0.25) is 0 Å². The second-order valence-corrected chi connectivity index (χ2v) is 9.07. The van der Waals surface area contributed by atoms with E-state index in [1.165, 1.54) is 24.9 Å². The molecule has 3 N–H and O–H groups in total. The van der Waals surface area contributed by atoms with Gasteiger partial charge in [0.05, 0.1) is 11.0 Å². The van der Waals surface area contributed by atoms with E-state index in [1.807, 2.05) is 37.3 Å². The summed E-state index contributed by atoms with van der Waals surface area (Å²) in [5, 5.41) is 3.22. The Balaban J connectivity index is 1.84. The molecule has 0 amide bonds. The first-order chi connectivity index (χ1) is 15.8. The van der Waals surface area contributed by atoms with Crippen LogP contribution in [0.2, 0.25) is 0 Å². The zero-order valence-electron chi connectivity index (χ0n) is 20.6. The van der Waals surface area contributed by atoms with Crippen LogP contribution < -0.4 is 21.5 Å². The fourth-order valence-corrected chi connectivity index (χ4v) is 3.77. The van der Waals surface area contributed by atoms with Gasteiger partial charge in [0.1, 0.15) is 0 Å². The maximum absolute atomic E-state index is 13.0. The average molecular weight is 448 g/mol. The van der Waals surface area contributed by atoms with E-state index in [-0.39, 0.29) is 5.56 Å². The molecule has 0 fully saturated rings. The van der Waals surface area contributed by atoms with Crippen LogP contribution in [0.25, 0.3) is 16.6 Å². The molecular weight excluding hydrogens is 410 g/mol. The molecule has 2 aromatic carbocycles. The molecule has 176 valence electrons. The third-order valence-corrected chi connectivity index (χ3v) is 6.03. The number of aromatic nitrogens is 2. The third kappa shape index (κ3) is 5.95. The Bertz CT molecular complexity index is 1160. The number of hydrogen-bond acceptors (Lipinski definition) is 5. The van der Waals surface area contributed by atoms with Crippen molar-refractivity contribution in [3.63, 3.8) is 0 Å². The zero-order valence-corrected chi connectivity index (χ0v) is 20.6. The molecule has 6 heteroatoms. The van der Waals surface area contributed by atoms with Gasteiger partial charge in [-0.2, -0.15) is 0 Å². The van der Waals surface area contributed by atoms with Crippen LogP contribution in [-0.2, 0) is 7.05 Å². The molecule has 3 aromatic rings. The molecule has 0 aliphatic rings. The van der Waals surface area contributed by atoms with Crippen LogP contribution in [0.15, 0.2) is 53.5 Å². The molecule has 0 unspecified atom stereocenters. The van der Waals surface area contributed by atoms with Crippen LogP contribution in [0.4, 0.5) is 17.2 Å². The van der Waals surface area contributed by atoms with E-state index in [1.54, 1.807) is 17.8 Å². The molecule has 0 atom stereocenters. The van der Waals surface area contributed by atoms with Gasteiger partial charge in [-0.25, -0.2) is 4.98 Å². The summed E-state index contributed by atoms with van der Waals surface area (Å²) in [6.07, 6.45) is 5.09. The Morgan fingerprint density at radius 3 is 2.55 bits per heavy atom. The lowest BCUT2D eigenvalue weighted by atomic mass is 10.1. The summed E-state index contributed by atoms with van der Waals surface area (Å²) >= 11 is 0. The topological polar surface area (TPSA) is 76.2 Å². The summed E-state index contributed by atoms with van der Waals surface area (Å²) in [7, 11) is 1.77. The van der Waals surface area contributed by atoms with Gasteiger partial charge in [0.15, 0.2) is 5.82 Å². The molecule has 6 nitrogen and oxygen atoms in total. The van der Waals surface area contributed by atoms with Crippen molar-refractivity contribution < 1.29 is 0 Å². The van der Waals surface area contributed by atoms with Gasteiger partial charge in [-0.1, -0.05) is 33.3 Å². The second kappa shape index (κ2) is 11.0. The summed E-state index contributed by atoms with van der Waals surface area (Å²) in [6.45, 7) is 10.8. The van der Waals surface area contributed by atoms with Gasteiger partial charge in [0, 0.05) is 31.5 Å². The Kier molecular flexibility index (Phi) is 8.15. The fraction of sp³-hybridized carbons (Fsp3) is 0.407. The highest BCUT2D eigenvalue weighted by Gasteiger charge is 2.11. The highest BCUT2D eigenvalue weighted by atomic mass is 16.1. The molecular formula is C27H37N5O. The van der Waals surface area contributed by atoms with Crippen LogP contribution in [0.3, 0.4) is 0 Å². The predicted molar refractivity (Wildman–Crippen MR) is 141 cm³/mol. The Labute approximate surface area is 197 Å². The number of benzene rings is 2. The molecule has 33 heavy (non-hydrogen) atoms. The lowest BCUT2D eigenvalue weighted by Crippen LogP contribution is -2.26. The molecule has 1 aromatic heterocycles. The molecule has 0 saturated heterocycles. The van der Waals surface area contributed by atoms with E-state index in [2.05, 4.69) is 48.1 Å². The van der Waals surface area contributed by atoms with Crippen molar-refractivity contribution in [1.29, 1.82) is 0 Å². The predicted octanol–water partition coefficient (Wildman–Crippen LogP) is 5.65. The lowest BCUT2D eigenvalue weighted by molar-refractivity contribution is 0.566. The van der Waals surface area contributed by atoms with Crippen LogP contribution in [0.5, 0.6) is 0 Å². The first kappa shape index (κ1) is 24.4. The smallest absolute Gasteiger partial charge is 0.293 e. The maximum atomic E-state index is 13.0. The first-order valence-electron chi connectivity index (χ1n) is 11.9. The largest absolute Gasteiger partial charge is 0.404 e. The molecule has 0 saturated carbocycles. The molecule has 3 rings (SSSR count). The summed E-state index contributed by atoms with van der Waals surface area (Å²) in [4.78, 5) is 20.0. The van der Waals surface area contributed by atoms with Crippen LogP contribution in [-0.4, -0.2) is 22.6 Å². The van der Waals surface area contributed by atoms with Crippen molar-refractivity contribution in [2.75, 3.05) is 23.3 Å². The second-order valence-electron chi connectivity index (χ2n) is 9.07. The molecule has 0 aliphatic carbocycles. The number of allylic oxidation sites excluding steroid dienone is 1. The van der Waals surface area contributed by atoms with Crippen molar-refractivity contribution in [2.24, 2.45) is 18.7 Å². The van der Waals surface area contributed by atoms with Crippen molar-refractivity contribution in [2.45, 2.75) is 47.0 Å². The standard InChI is InChI=1S/C27H37N5O/c1-6-7-15-32(16-14-19(2)3)23-11-9-22(10-12-23)29-26-27(33)31(5)25-17-21(20(4)18-28)8-13-24(25)30-26/h8-13,17-19H,6-7,14-16,28H2,1-5H3,(H,29,30)/b20-18+. The monoisotopic (exact) mass is 447 g/mol. The van der Waals surface area contributed by atoms with Crippen LogP contribution in [0, 0.1) is 5.92 Å². The third-order valence-electron chi connectivity index (χ3n) is 6.03. The van der Waals surface area contributed by atoms with Gasteiger partial charge in [0.25, 0.3) is 5.56 Å². The molecule has 1 heterocycles. The van der Waals surface area contributed by atoms with E-state index >= 15 is 0 Å². The summed E-state index contributed by atoms with van der Waals surface area (Å²) in [5.74, 6) is 0.996. The van der Waals surface area contributed by atoms with E-state index < -0.39 is 0 Å². The molecule has 0 aliphatic heterocycles. The van der Waals surface area contributed by atoms with E-state index in [0.717, 1.165) is 40.9 Å². The van der Waals surface area contributed by atoms with Gasteiger partial charge >= 0.3 is 0 Å². The van der Waals surface area contributed by atoms with E-state index in [4.69, 9.17) is 5.73 Å². The Morgan fingerprint density at radius 1 is 1.18 bits per heavy atom. The highest BCUT2D eigenvalue weighted by Crippen LogP contribution is 2.23. The number of nitrogens with zero attached hydrogens (tertiary/aromatic N) is 3. The highest BCUT2D eigenvalue weighted by molar-refractivity contribution is 5.81. The van der Waals surface area contributed by atoms with Crippen molar-refractivity contribution in [3.05, 3.63) is 64.6 Å². The summed E-state index contributed by atoms with van der Waals surface area (Å²) in [6, 6.07) is 14.1. The minimum absolute atomic E-state index is 0.167. The number of anilines is 3. The normalized spacial score (nSPS) is 11.9. The first-order valence-corrected chi connectivity index (χ1v) is 11.9. The summed E-state index contributed by atoms with van der Waals surface area (Å²) in [5.41, 5.74) is 11.0. The van der Waals surface area contributed by atoms with Crippen molar-refractivity contribution >= 4 is 33.8 Å². The van der Waals surface area contributed by atoms with Gasteiger partial charge in [-0.05, 0) is 79.4 Å². The van der Waals surface area contributed by atoms with Gasteiger partial charge in [-0.15, -0.1) is 0 Å². The molecule has 0 bridgehead atoms. The molecule has 0 spiro atoms. The SMILES string of the molecule is CCCCN(CCC(C)C)c1ccc(Nc2nc3ccc(/C(C)=C/N)cc3n(C)c2=O)cc1. The van der Waals surface area contributed by atoms with Gasteiger partial charge in [-0.3, -0.25) is 4.79 Å². The zero-order chi connectivity index (χ0) is 24.0.